The molecule has 5 heteroatoms. The first-order chi connectivity index (χ1) is 10.4. The summed E-state index contributed by atoms with van der Waals surface area (Å²) in [5, 5.41) is 20.3. The average Bonchev–Trinajstić information content (AvgIpc) is 2.47. The highest BCUT2D eigenvalue weighted by atomic mass is 16.5. The van der Waals surface area contributed by atoms with E-state index in [1.165, 1.54) is 0 Å². The first kappa shape index (κ1) is 17.2. The van der Waals surface area contributed by atoms with Crippen molar-refractivity contribution in [1.29, 1.82) is 0 Å². The number of hydrogen-bond acceptors (Lipinski definition) is 5. The van der Waals surface area contributed by atoms with E-state index in [9.17, 15) is 19.8 Å². The third kappa shape index (κ3) is 3.96. The van der Waals surface area contributed by atoms with Crippen LogP contribution in [0.4, 0.5) is 0 Å². The summed E-state index contributed by atoms with van der Waals surface area (Å²) in [7, 11) is 0. The van der Waals surface area contributed by atoms with Gasteiger partial charge < -0.3 is 14.9 Å². The Morgan fingerprint density at radius 2 is 1.64 bits per heavy atom. The standard InChI is InChI=1S/C17H26O5/c1-10(2)17(21)22-11-7-8-13(15(19)9-11)16(20)12-5-3-4-6-14(12)18/h11-15,18-19H,1,3-9H2,2H3. The number of rotatable bonds is 4. The molecule has 2 fully saturated rings. The predicted octanol–water partition coefficient (Wildman–Crippen LogP) is 1.76. The van der Waals surface area contributed by atoms with Crippen LogP contribution in [0.2, 0.25) is 0 Å². The molecule has 0 spiro atoms. The van der Waals surface area contributed by atoms with Gasteiger partial charge in [-0.3, -0.25) is 4.79 Å². The summed E-state index contributed by atoms with van der Waals surface area (Å²) >= 11 is 0. The predicted molar refractivity (Wildman–Crippen MR) is 81.0 cm³/mol. The molecule has 2 saturated carbocycles. The van der Waals surface area contributed by atoms with Crippen molar-refractivity contribution in [2.24, 2.45) is 11.8 Å². The fourth-order valence-corrected chi connectivity index (χ4v) is 3.52. The highest BCUT2D eigenvalue weighted by molar-refractivity contribution is 5.87. The molecule has 0 aliphatic heterocycles. The number of esters is 1. The van der Waals surface area contributed by atoms with E-state index in [4.69, 9.17) is 4.74 Å². The van der Waals surface area contributed by atoms with Gasteiger partial charge in [0.25, 0.3) is 0 Å². The van der Waals surface area contributed by atoms with Crippen LogP contribution in [0, 0.1) is 11.8 Å². The molecule has 2 rings (SSSR count). The summed E-state index contributed by atoms with van der Waals surface area (Å²) < 4.78 is 5.26. The fraction of sp³-hybridized carbons (Fsp3) is 0.765. The molecule has 22 heavy (non-hydrogen) atoms. The molecule has 5 nitrogen and oxygen atoms in total. The van der Waals surface area contributed by atoms with E-state index in [0.29, 0.717) is 31.3 Å². The van der Waals surface area contributed by atoms with E-state index >= 15 is 0 Å². The zero-order chi connectivity index (χ0) is 16.3. The van der Waals surface area contributed by atoms with Gasteiger partial charge in [-0.15, -0.1) is 0 Å². The second kappa shape index (κ2) is 7.38. The first-order valence-corrected chi connectivity index (χ1v) is 8.16. The zero-order valence-electron chi connectivity index (χ0n) is 13.2. The molecule has 5 unspecified atom stereocenters. The largest absolute Gasteiger partial charge is 0.459 e. The van der Waals surface area contributed by atoms with Crippen molar-refractivity contribution in [2.75, 3.05) is 0 Å². The zero-order valence-corrected chi connectivity index (χ0v) is 13.2. The molecule has 0 saturated heterocycles. The molecule has 2 N–H and O–H groups in total. The van der Waals surface area contributed by atoms with E-state index in [1.807, 2.05) is 0 Å². The monoisotopic (exact) mass is 310 g/mol. The highest BCUT2D eigenvalue weighted by Crippen LogP contribution is 2.34. The summed E-state index contributed by atoms with van der Waals surface area (Å²) in [5.41, 5.74) is 0.331. The molecule has 0 bridgehead atoms. The number of aliphatic hydroxyl groups excluding tert-OH is 2. The van der Waals surface area contributed by atoms with Gasteiger partial charge in [-0.1, -0.05) is 19.4 Å². The molecule has 0 aromatic rings. The molecule has 5 atom stereocenters. The van der Waals surface area contributed by atoms with Crippen LogP contribution in [0.3, 0.4) is 0 Å². The Balaban J connectivity index is 1.91. The maximum atomic E-state index is 12.6. The minimum absolute atomic E-state index is 0.0237. The first-order valence-electron chi connectivity index (χ1n) is 8.16. The molecule has 0 amide bonds. The van der Waals surface area contributed by atoms with Crippen molar-refractivity contribution in [3.63, 3.8) is 0 Å². The van der Waals surface area contributed by atoms with Gasteiger partial charge in [0.05, 0.1) is 12.2 Å². The smallest absolute Gasteiger partial charge is 0.333 e. The van der Waals surface area contributed by atoms with Crippen molar-refractivity contribution in [3.05, 3.63) is 12.2 Å². The average molecular weight is 310 g/mol. The van der Waals surface area contributed by atoms with Crippen molar-refractivity contribution in [1.82, 2.24) is 0 Å². The number of carbonyl (C=O) groups excluding carboxylic acids is 2. The summed E-state index contributed by atoms with van der Waals surface area (Å²) in [6.07, 6.45) is 2.87. The molecule has 124 valence electrons. The number of ether oxygens (including phenoxy) is 1. The van der Waals surface area contributed by atoms with Crippen LogP contribution in [0.1, 0.15) is 51.9 Å². The van der Waals surface area contributed by atoms with Gasteiger partial charge in [0.1, 0.15) is 11.9 Å². The van der Waals surface area contributed by atoms with Gasteiger partial charge in [0.2, 0.25) is 0 Å². The SMILES string of the molecule is C=C(C)C(=O)OC1CCC(C(=O)C2CCCCC2O)C(O)C1. The molecule has 2 aliphatic rings. The van der Waals surface area contributed by atoms with E-state index in [-0.39, 0.29) is 24.2 Å². The van der Waals surface area contributed by atoms with E-state index in [2.05, 4.69) is 6.58 Å². The second-order valence-corrected chi connectivity index (χ2v) is 6.66. The van der Waals surface area contributed by atoms with Crippen LogP contribution in [-0.4, -0.2) is 40.3 Å². The van der Waals surface area contributed by atoms with E-state index in [0.717, 1.165) is 12.8 Å². The normalized spacial score (nSPS) is 35.7. The molecule has 0 radical (unpaired) electrons. The Kier molecular flexibility index (Phi) is 5.75. The lowest BCUT2D eigenvalue weighted by Gasteiger charge is -2.36. The number of carbonyl (C=O) groups is 2. The lowest BCUT2D eigenvalue weighted by molar-refractivity contribution is -0.151. The van der Waals surface area contributed by atoms with Gasteiger partial charge in [0, 0.05) is 23.8 Å². The summed E-state index contributed by atoms with van der Waals surface area (Å²) in [5.74, 6) is -1.27. The van der Waals surface area contributed by atoms with Gasteiger partial charge in [-0.2, -0.15) is 0 Å². The van der Waals surface area contributed by atoms with Gasteiger partial charge in [-0.25, -0.2) is 4.79 Å². The van der Waals surface area contributed by atoms with Crippen molar-refractivity contribution >= 4 is 11.8 Å². The summed E-state index contributed by atoms with van der Waals surface area (Å²) in [6, 6.07) is 0. The van der Waals surface area contributed by atoms with Crippen molar-refractivity contribution in [2.45, 2.75) is 70.2 Å². The Hall–Kier alpha value is -1.20. The number of hydrogen-bond donors (Lipinski definition) is 2. The van der Waals surface area contributed by atoms with Crippen LogP contribution in [0.25, 0.3) is 0 Å². The molecule has 0 aromatic carbocycles. The molecule has 2 aliphatic carbocycles. The van der Waals surface area contributed by atoms with Gasteiger partial charge >= 0.3 is 5.97 Å². The minimum Gasteiger partial charge on any atom is -0.459 e. The molecular formula is C17H26O5. The van der Waals surface area contributed by atoms with Crippen LogP contribution in [0.15, 0.2) is 12.2 Å². The molecular weight excluding hydrogens is 284 g/mol. The van der Waals surface area contributed by atoms with Crippen LogP contribution in [0.5, 0.6) is 0 Å². The van der Waals surface area contributed by atoms with Crippen LogP contribution < -0.4 is 0 Å². The quantitative estimate of drug-likeness (QED) is 0.610. The van der Waals surface area contributed by atoms with Gasteiger partial charge in [-0.05, 0) is 32.6 Å². The lowest BCUT2D eigenvalue weighted by Crippen LogP contribution is -2.44. The maximum absolute atomic E-state index is 12.6. The third-order valence-corrected chi connectivity index (χ3v) is 4.85. The topological polar surface area (TPSA) is 83.8 Å². The lowest BCUT2D eigenvalue weighted by atomic mass is 9.73. The number of ketones is 1. The Morgan fingerprint density at radius 3 is 2.23 bits per heavy atom. The fourth-order valence-electron chi connectivity index (χ4n) is 3.52. The van der Waals surface area contributed by atoms with Crippen LogP contribution >= 0.6 is 0 Å². The maximum Gasteiger partial charge on any atom is 0.333 e. The van der Waals surface area contributed by atoms with Gasteiger partial charge in [0.15, 0.2) is 0 Å². The molecule has 0 heterocycles. The number of aliphatic hydroxyl groups is 2. The third-order valence-electron chi connectivity index (χ3n) is 4.85. The highest BCUT2D eigenvalue weighted by Gasteiger charge is 2.40. The molecule has 0 aromatic heterocycles. The minimum atomic E-state index is -0.807. The second-order valence-electron chi connectivity index (χ2n) is 6.66. The Bertz CT molecular complexity index is 444. The Morgan fingerprint density at radius 1 is 1.00 bits per heavy atom. The van der Waals surface area contributed by atoms with Crippen molar-refractivity contribution < 1.29 is 24.5 Å². The summed E-state index contributed by atoms with van der Waals surface area (Å²) in [6.45, 7) is 5.12. The Labute approximate surface area is 131 Å². The van der Waals surface area contributed by atoms with Crippen molar-refractivity contribution in [3.8, 4) is 0 Å². The van der Waals surface area contributed by atoms with E-state index in [1.54, 1.807) is 6.92 Å². The van der Waals surface area contributed by atoms with E-state index < -0.39 is 24.1 Å². The summed E-state index contributed by atoms with van der Waals surface area (Å²) in [4.78, 5) is 24.1. The van der Waals surface area contributed by atoms with Crippen LogP contribution in [-0.2, 0) is 14.3 Å². The number of Topliss-reactive ketones (excluding diaryl/α,β-unsaturated/α-hetero) is 1.